The molecule has 2 aromatic rings. The van der Waals surface area contributed by atoms with Gasteiger partial charge < -0.3 is 15.0 Å². The lowest BCUT2D eigenvalue weighted by atomic mass is 10.0. The van der Waals surface area contributed by atoms with Crippen molar-refractivity contribution in [1.82, 2.24) is 9.29 Å². The molecule has 0 aliphatic carbocycles. The summed E-state index contributed by atoms with van der Waals surface area (Å²) in [5, 5.41) is 12.2. The molecule has 0 fully saturated rings. The van der Waals surface area contributed by atoms with Gasteiger partial charge in [-0.3, -0.25) is 4.79 Å². The molecule has 2 heterocycles. The molecule has 146 valence electrons. The van der Waals surface area contributed by atoms with E-state index in [9.17, 15) is 22.7 Å². The summed E-state index contributed by atoms with van der Waals surface area (Å²) in [6.45, 7) is 1.51. The van der Waals surface area contributed by atoms with Crippen LogP contribution in [0.3, 0.4) is 0 Å². The Hall–Kier alpha value is -1.94. The van der Waals surface area contributed by atoms with Crippen LogP contribution in [0, 0.1) is 5.82 Å². The molecule has 1 aliphatic heterocycles. The summed E-state index contributed by atoms with van der Waals surface area (Å²) in [4.78, 5) is 12.8. The summed E-state index contributed by atoms with van der Waals surface area (Å²) < 4.78 is 42.4. The second-order valence-corrected chi connectivity index (χ2v) is 8.61. The number of aliphatic hydroxyl groups is 1. The molecule has 1 aromatic heterocycles. The van der Waals surface area contributed by atoms with Gasteiger partial charge in [-0.2, -0.15) is 0 Å². The summed E-state index contributed by atoms with van der Waals surface area (Å²) in [6, 6.07) is 3.13. The van der Waals surface area contributed by atoms with Crippen LogP contribution in [0.25, 0.3) is 0 Å². The number of anilines is 1. The number of nitrogens with zero attached hydrogens (tertiary/aromatic N) is 1. The number of benzene rings is 1. The summed E-state index contributed by atoms with van der Waals surface area (Å²) in [7, 11) is -2.30. The molecule has 27 heavy (non-hydrogen) atoms. The molecule has 0 bridgehead atoms. The van der Waals surface area contributed by atoms with Gasteiger partial charge in [0.1, 0.15) is 16.4 Å². The molecule has 0 radical (unpaired) electrons. The van der Waals surface area contributed by atoms with Crippen molar-refractivity contribution in [3.63, 3.8) is 0 Å². The van der Waals surface area contributed by atoms with E-state index >= 15 is 0 Å². The number of carbonyl (C=O) groups is 1. The summed E-state index contributed by atoms with van der Waals surface area (Å²) in [5.74, 6) is -1.14. The van der Waals surface area contributed by atoms with Crippen LogP contribution in [0.15, 0.2) is 29.3 Å². The van der Waals surface area contributed by atoms with Crippen molar-refractivity contribution in [1.29, 1.82) is 0 Å². The third-order valence-electron chi connectivity index (χ3n) is 4.52. The topological polar surface area (TPSA) is 100 Å². The van der Waals surface area contributed by atoms with E-state index in [2.05, 4.69) is 10.0 Å². The maximum absolute atomic E-state index is 13.3. The van der Waals surface area contributed by atoms with Gasteiger partial charge in [-0.1, -0.05) is 11.6 Å². The number of halogens is 2. The first-order chi connectivity index (χ1) is 12.6. The predicted molar refractivity (Wildman–Crippen MR) is 98.9 cm³/mol. The monoisotopic (exact) mass is 415 g/mol. The first kappa shape index (κ1) is 19.8. The van der Waals surface area contributed by atoms with Gasteiger partial charge in [-0.25, -0.2) is 17.5 Å². The molecule has 1 aliphatic rings. The summed E-state index contributed by atoms with van der Waals surface area (Å²) in [6.07, 6.45) is 1.15. The highest BCUT2D eigenvalue weighted by atomic mass is 35.5. The predicted octanol–water partition coefficient (Wildman–Crippen LogP) is 2.04. The summed E-state index contributed by atoms with van der Waals surface area (Å²) in [5.41, 5.74) is 0.846. The van der Waals surface area contributed by atoms with Gasteiger partial charge in [0, 0.05) is 30.5 Å². The number of aliphatic hydroxyl groups excluding tert-OH is 1. The smallest absolute Gasteiger partial charge is 0.272 e. The number of rotatable bonds is 3. The first-order valence-corrected chi connectivity index (χ1v) is 10.1. The third-order valence-corrected chi connectivity index (χ3v) is 6.36. The Morgan fingerprint density at radius 1 is 1.48 bits per heavy atom. The molecular weight excluding hydrogens is 397 g/mol. The zero-order valence-electron chi connectivity index (χ0n) is 14.7. The highest BCUT2D eigenvalue weighted by Crippen LogP contribution is 2.29. The Morgan fingerprint density at radius 2 is 2.19 bits per heavy atom. The van der Waals surface area contributed by atoms with Crippen molar-refractivity contribution >= 4 is 33.2 Å². The Labute approximate surface area is 161 Å². The number of sulfonamides is 1. The number of aromatic nitrogens is 1. The molecular formula is C17H19ClFN3O4S. The van der Waals surface area contributed by atoms with Crippen LogP contribution in [0.1, 0.15) is 29.4 Å². The number of carbonyl (C=O) groups excluding carboxylic acids is 1. The highest BCUT2D eigenvalue weighted by molar-refractivity contribution is 7.89. The van der Waals surface area contributed by atoms with Gasteiger partial charge >= 0.3 is 0 Å². The van der Waals surface area contributed by atoms with Crippen LogP contribution >= 0.6 is 11.6 Å². The van der Waals surface area contributed by atoms with Crippen LogP contribution in [-0.2, 0) is 23.5 Å². The van der Waals surface area contributed by atoms with Crippen LogP contribution < -0.4 is 10.0 Å². The lowest BCUT2D eigenvalue weighted by molar-refractivity contribution is 0.101. The van der Waals surface area contributed by atoms with Crippen LogP contribution in [0.2, 0.25) is 5.02 Å². The SMILES string of the molecule is C[C@H](O)C1CCc2c(cn(C)c2C(=O)Nc2ccc(F)c(Cl)c2)S(=O)(=O)N1. The quantitative estimate of drug-likeness (QED) is 0.714. The van der Waals surface area contributed by atoms with Crippen LogP contribution in [0.5, 0.6) is 0 Å². The molecule has 0 spiro atoms. The molecule has 0 saturated carbocycles. The number of hydrogen-bond acceptors (Lipinski definition) is 4. The highest BCUT2D eigenvalue weighted by Gasteiger charge is 2.34. The lowest BCUT2D eigenvalue weighted by Crippen LogP contribution is -2.40. The molecule has 1 unspecified atom stereocenters. The Bertz CT molecular complexity index is 1000. The van der Waals surface area contributed by atoms with Crippen molar-refractivity contribution in [3.8, 4) is 0 Å². The molecule has 3 rings (SSSR count). The van der Waals surface area contributed by atoms with E-state index < -0.39 is 33.9 Å². The minimum absolute atomic E-state index is 0.00967. The van der Waals surface area contributed by atoms with E-state index in [1.807, 2.05) is 0 Å². The minimum Gasteiger partial charge on any atom is -0.392 e. The zero-order valence-corrected chi connectivity index (χ0v) is 16.2. The normalized spacial score (nSPS) is 19.8. The average molecular weight is 416 g/mol. The fourth-order valence-electron chi connectivity index (χ4n) is 3.14. The number of aryl methyl sites for hydroxylation is 1. The van der Waals surface area contributed by atoms with Crippen molar-refractivity contribution in [2.24, 2.45) is 7.05 Å². The van der Waals surface area contributed by atoms with Crippen LogP contribution in [0.4, 0.5) is 10.1 Å². The van der Waals surface area contributed by atoms with E-state index in [0.29, 0.717) is 18.4 Å². The van der Waals surface area contributed by atoms with E-state index in [-0.39, 0.29) is 21.3 Å². The van der Waals surface area contributed by atoms with Gasteiger partial charge in [0.15, 0.2) is 0 Å². The Balaban J connectivity index is 1.97. The van der Waals surface area contributed by atoms with Gasteiger partial charge in [0.25, 0.3) is 5.91 Å². The van der Waals surface area contributed by atoms with Gasteiger partial charge in [-0.05, 0) is 38.0 Å². The fourth-order valence-corrected chi connectivity index (χ4v) is 4.98. The second-order valence-electron chi connectivity index (χ2n) is 6.52. The largest absolute Gasteiger partial charge is 0.392 e. The first-order valence-electron chi connectivity index (χ1n) is 8.25. The molecule has 0 saturated heterocycles. The Morgan fingerprint density at radius 3 is 2.81 bits per heavy atom. The van der Waals surface area contributed by atoms with Crippen molar-refractivity contribution in [2.75, 3.05) is 5.32 Å². The van der Waals surface area contributed by atoms with E-state index in [1.54, 1.807) is 7.05 Å². The molecule has 10 heteroatoms. The molecule has 1 amide bonds. The van der Waals surface area contributed by atoms with Crippen molar-refractivity contribution in [2.45, 2.75) is 36.8 Å². The maximum atomic E-state index is 13.3. The average Bonchev–Trinajstić information content (AvgIpc) is 2.85. The molecule has 3 N–H and O–H groups in total. The number of fused-ring (bicyclic) bond motifs is 1. The van der Waals surface area contributed by atoms with E-state index in [1.165, 1.54) is 29.8 Å². The molecule has 7 nitrogen and oxygen atoms in total. The molecule has 1 aromatic carbocycles. The van der Waals surface area contributed by atoms with Gasteiger partial charge in [0.05, 0.1) is 11.1 Å². The lowest BCUT2D eigenvalue weighted by Gasteiger charge is -2.18. The Kier molecular flexibility index (Phi) is 5.31. The number of hydrogen-bond donors (Lipinski definition) is 3. The second kappa shape index (κ2) is 7.23. The zero-order chi connectivity index (χ0) is 19.9. The van der Waals surface area contributed by atoms with Crippen molar-refractivity contribution < 1.29 is 22.7 Å². The standard InChI is InChI=1S/C17H19ClFN3O4S/c1-9(23)14-6-4-11-15(27(25,26)21-14)8-22(2)16(11)17(24)20-10-3-5-13(19)12(18)7-10/h3,5,7-9,14,21,23H,4,6H2,1-2H3,(H,20,24)/t9-,14?/m0/s1. The fraction of sp³-hybridized carbons (Fsp3) is 0.353. The number of nitrogens with one attached hydrogen (secondary N) is 2. The maximum Gasteiger partial charge on any atom is 0.272 e. The van der Waals surface area contributed by atoms with Gasteiger partial charge in [0.2, 0.25) is 10.0 Å². The minimum atomic E-state index is -3.87. The summed E-state index contributed by atoms with van der Waals surface area (Å²) >= 11 is 5.73. The van der Waals surface area contributed by atoms with Gasteiger partial charge in [-0.15, -0.1) is 0 Å². The van der Waals surface area contributed by atoms with E-state index in [4.69, 9.17) is 11.6 Å². The number of amides is 1. The van der Waals surface area contributed by atoms with Crippen LogP contribution in [-0.4, -0.2) is 36.1 Å². The molecule has 2 atom stereocenters. The van der Waals surface area contributed by atoms with Crippen molar-refractivity contribution in [3.05, 3.63) is 46.5 Å². The third kappa shape index (κ3) is 3.86. The van der Waals surface area contributed by atoms with E-state index in [0.717, 1.165) is 6.07 Å².